The smallest absolute Gasteiger partial charge is 0.321 e. The summed E-state index contributed by atoms with van der Waals surface area (Å²) in [5.74, 6) is 0. The van der Waals surface area contributed by atoms with Crippen LogP contribution in [0.1, 0.15) is 32.8 Å². The maximum Gasteiger partial charge on any atom is 0.321 e. The molecule has 0 aliphatic heterocycles. The Balaban J connectivity index is 2.64. The van der Waals surface area contributed by atoms with Gasteiger partial charge in [0, 0.05) is 18.8 Å². The van der Waals surface area contributed by atoms with Gasteiger partial charge in [-0.1, -0.05) is 19.1 Å². The van der Waals surface area contributed by atoms with Crippen LogP contribution in [-0.4, -0.2) is 41.8 Å². The zero-order valence-electron chi connectivity index (χ0n) is 13.1. The minimum absolute atomic E-state index is 0.0321. The van der Waals surface area contributed by atoms with Gasteiger partial charge in [0.1, 0.15) is 0 Å². The van der Waals surface area contributed by atoms with E-state index in [1.54, 1.807) is 4.90 Å². The average Bonchev–Trinajstić information content (AvgIpc) is 2.45. The predicted molar refractivity (Wildman–Crippen MR) is 84.3 cm³/mol. The molecule has 0 unspecified atom stereocenters. The molecule has 0 saturated heterocycles. The highest BCUT2D eigenvalue weighted by atomic mass is 16.5. The standard InChI is InChI=1S/C16H26N2O3/c1-4-8-18(9-10-19)16(20)17-15-7-5-6-14(11-15)12-21-13(2)3/h5-7,11,13,19H,4,8-10,12H2,1-3H3,(H,17,20). The Labute approximate surface area is 126 Å². The minimum atomic E-state index is -0.187. The summed E-state index contributed by atoms with van der Waals surface area (Å²) in [7, 11) is 0. The molecule has 2 amide bonds. The van der Waals surface area contributed by atoms with Crippen molar-refractivity contribution < 1.29 is 14.6 Å². The van der Waals surface area contributed by atoms with E-state index in [-0.39, 0.29) is 18.7 Å². The van der Waals surface area contributed by atoms with E-state index < -0.39 is 0 Å². The van der Waals surface area contributed by atoms with E-state index in [1.807, 2.05) is 45.0 Å². The van der Waals surface area contributed by atoms with Crippen molar-refractivity contribution in [2.75, 3.05) is 25.0 Å². The Kier molecular flexibility index (Phi) is 7.79. The van der Waals surface area contributed by atoms with Crippen LogP contribution in [0.5, 0.6) is 0 Å². The van der Waals surface area contributed by atoms with E-state index in [9.17, 15) is 4.79 Å². The average molecular weight is 294 g/mol. The van der Waals surface area contributed by atoms with Crippen LogP contribution in [-0.2, 0) is 11.3 Å². The lowest BCUT2D eigenvalue weighted by Gasteiger charge is -2.21. The van der Waals surface area contributed by atoms with Gasteiger partial charge in [-0.15, -0.1) is 0 Å². The van der Waals surface area contributed by atoms with Gasteiger partial charge in [0.05, 0.1) is 19.3 Å². The molecule has 0 saturated carbocycles. The number of nitrogens with one attached hydrogen (secondary N) is 1. The minimum Gasteiger partial charge on any atom is -0.395 e. The highest BCUT2D eigenvalue weighted by molar-refractivity contribution is 5.89. The lowest BCUT2D eigenvalue weighted by atomic mass is 10.2. The number of urea groups is 1. The number of anilines is 1. The van der Waals surface area contributed by atoms with Gasteiger partial charge in [-0.05, 0) is 38.0 Å². The van der Waals surface area contributed by atoms with Crippen LogP contribution in [0.3, 0.4) is 0 Å². The summed E-state index contributed by atoms with van der Waals surface area (Å²) in [5, 5.41) is 11.9. The largest absolute Gasteiger partial charge is 0.395 e. The van der Waals surface area contributed by atoms with Gasteiger partial charge in [-0.25, -0.2) is 4.79 Å². The maximum atomic E-state index is 12.1. The van der Waals surface area contributed by atoms with E-state index >= 15 is 0 Å². The number of nitrogens with zero attached hydrogens (tertiary/aromatic N) is 1. The van der Waals surface area contributed by atoms with Crippen molar-refractivity contribution in [2.45, 2.75) is 39.9 Å². The van der Waals surface area contributed by atoms with Gasteiger partial charge in [-0.3, -0.25) is 0 Å². The molecule has 0 bridgehead atoms. The second-order valence-corrected chi connectivity index (χ2v) is 5.20. The molecule has 2 N–H and O–H groups in total. The fourth-order valence-corrected chi connectivity index (χ4v) is 1.91. The molecule has 1 aromatic carbocycles. The van der Waals surface area contributed by atoms with Crippen molar-refractivity contribution in [3.8, 4) is 0 Å². The second kappa shape index (κ2) is 9.37. The van der Waals surface area contributed by atoms with Crippen molar-refractivity contribution in [1.29, 1.82) is 0 Å². The zero-order chi connectivity index (χ0) is 15.7. The SMILES string of the molecule is CCCN(CCO)C(=O)Nc1cccc(COC(C)C)c1. The Bertz CT molecular complexity index is 429. The first-order valence-electron chi connectivity index (χ1n) is 7.44. The number of rotatable bonds is 8. The number of benzene rings is 1. The Hall–Kier alpha value is -1.59. The lowest BCUT2D eigenvalue weighted by molar-refractivity contribution is 0.0657. The van der Waals surface area contributed by atoms with Crippen LogP contribution in [0.25, 0.3) is 0 Å². The van der Waals surface area contributed by atoms with Crippen LogP contribution >= 0.6 is 0 Å². The van der Waals surface area contributed by atoms with Crippen molar-refractivity contribution in [3.63, 3.8) is 0 Å². The van der Waals surface area contributed by atoms with Crippen molar-refractivity contribution in [2.24, 2.45) is 0 Å². The molecule has 0 atom stereocenters. The van der Waals surface area contributed by atoms with E-state index in [4.69, 9.17) is 9.84 Å². The van der Waals surface area contributed by atoms with Crippen LogP contribution in [0, 0.1) is 0 Å². The third-order valence-electron chi connectivity index (χ3n) is 2.91. The van der Waals surface area contributed by atoms with Gasteiger partial charge in [-0.2, -0.15) is 0 Å². The third kappa shape index (κ3) is 6.60. The molecule has 5 nitrogen and oxygen atoms in total. The summed E-state index contributed by atoms with van der Waals surface area (Å²) in [6, 6.07) is 7.43. The van der Waals surface area contributed by atoms with Gasteiger partial charge in [0.2, 0.25) is 0 Å². The zero-order valence-corrected chi connectivity index (χ0v) is 13.1. The molecule has 0 aromatic heterocycles. The van der Waals surface area contributed by atoms with E-state index in [0.29, 0.717) is 19.7 Å². The summed E-state index contributed by atoms with van der Waals surface area (Å²) in [6.07, 6.45) is 1.03. The summed E-state index contributed by atoms with van der Waals surface area (Å²) in [4.78, 5) is 13.8. The lowest BCUT2D eigenvalue weighted by Crippen LogP contribution is -2.37. The molecular formula is C16H26N2O3. The number of carbonyl (C=O) groups is 1. The fourth-order valence-electron chi connectivity index (χ4n) is 1.91. The maximum absolute atomic E-state index is 12.1. The molecule has 0 heterocycles. The molecule has 21 heavy (non-hydrogen) atoms. The molecule has 0 aliphatic rings. The molecule has 1 rings (SSSR count). The molecule has 0 fully saturated rings. The first-order valence-corrected chi connectivity index (χ1v) is 7.44. The van der Waals surface area contributed by atoms with E-state index in [0.717, 1.165) is 17.7 Å². The van der Waals surface area contributed by atoms with Crippen LogP contribution in [0.15, 0.2) is 24.3 Å². The number of aliphatic hydroxyl groups excluding tert-OH is 1. The number of carbonyl (C=O) groups excluding carboxylic acids is 1. The topological polar surface area (TPSA) is 61.8 Å². The molecule has 118 valence electrons. The molecular weight excluding hydrogens is 268 g/mol. The van der Waals surface area contributed by atoms with Gasteiger partial charge in [0.25, 0.3) is 0 Å². The van der Waals surface area contributed by atoms with E-state index in [2.05, 4.69) is 5.32 Å². The number of ether oxygens (including phenoxy) is 1. The normalized spacial score (nSPS) is 10.7. The fraction of sp³-hybridized carbons (Fsp3) is 0.562. The third-order valence-corrected chi connectivity index (χ3v) is 2.91. The second-order valence-electron chi connectivity index (χ2n) is 5.20. The predicted octanol–water partition coefficient (Wildman–Crippen LogP) is 2.85. The molecule has 0 aliphatic carbocycles. The van der Waals surface area contributed by atoms with Crippen LogP contribution in [0.2, 0.25) is 0 Å². The van der Waals surface area contributed by atoms with Crippen LogP contribution in [0.4, 0.5) is 10.5 Å². The number of amides is 2. The molecule has 5 heteroatoms. The molecule has 1 aromatic rings. The van der Waals surface area contributed by atoms with Gasteiger partial charge >= 0.3 is 6.03 Å². The summed E-state index contributed by atoms with van der Waals surface area (Å²) >= 11 is 0. The molecule has 0 spiro atoms. The number of hydrogen-bond acceptors (Lipinski definition) is 3. The first kappa shape index (κ1) is 17.5. The van der Waals surface area contributed by atoms with Gasteiger partial charge in [0.15, 0.2) is 0 Å². The van der Waals surface area contributed by atoms with E-state index in [1.165, 1.54) is 0 Å². The quantitative estimate of drug-likeness (QED) is 0.775. The Morgan fingerprint density at radius 1 is 1.38 bits per heavy atom. The monoisotopic (exact) mass is 294 g/mol. The Morgan fingerprint density at radius 3 is 2.76 bits per heavy atom. The number of aliphatic hydroxyl groups is 1. The first-order chi connectivity index (χ1) is 10.1. The van der Waals surface area contributed by atoms with Crippen molar-refractivity contribution in [1.82, 2.24) is 4.90 Å². The van der Waals surface area contributed by atoms with Crippen LogP contribution < -0.4 is 5.32 Å². The number of hydrogen-bond donors (Lipinski definition) is 2. The summed E-state index contributed by atoms with van der Waals surface area (Å²) in [6.45, 7) is 7.44. The van der Waals surface area contributed by atoms with Crippen molar-refractivity contribution in [3.05, 3.63) is 29.8 Å². The van der Waals surface area contributed by atoms with Crippen molar-refractivity contribution >= 4 is 11.7 Å². The molecule has 0 radical (unpaired) electrons. The summed E-state index contributed by atoms with van der Waals surface area (Å²) < 4.78 is 5.56. The Morgan fingerprint density at radius 2 is 2.14 bits per heavy atom. The highest BCUT2D eigenvalue weighted by Gasteiger charge is 2.12. The van der Waals surface area contributed by atoms with Gasteiger partial charge < -0.3 is 20.1 Å². The summed E-state index contributed by atoms with van der Waals surface area (Å²) in [5.41, 5.74) is 1.76. The highest BCUT2D eigenvalue weighted by Crippen LogP contribution is 2.13.